The van der Waals surface area contributed by atoms with E-state index < -0.39 is 0 Å². The van der Waals surface area contributed by atoms with Crippen LogP contribution < -0.4 is 0 Å². The Kier molecular flexibility index (Phi) is 3.64. The molecular weight excluding hydrogens is 310 g/mol. The molecule has 0 aliphatic carbocycles. The molecule has 0 bridgehead atoms. The van der Waals surface area contributed by atoms with Crippen molar-refractivity contribution in [1.29, 1.82) is 0 Å². The standard InChI is InChI=1S/C16H13Cl2FN2/c1-9-6-7-11(19)8-14(9)21-13-5-3-4-12(18)15(13)20-16(21)10(2)17/h3-8,10H,1-2H3. The maximum absolute atomic E-state index is 13.7. The van der Waals surface area contributed by atoms with E-state index in [9.17, 15) is 4.39 Å². The molecule has 0 aliphatic rings. The van der Waals surface area contributed by atoms with Gasteiger partial charge in [-0.15, -0.1) is 11.6 Å². The molecule has 0 spiro atoms. The Balaban J connectivity index is 2.42. The quantitative estimate of drug-likeness (QED) is 0.575. The number of aryl methyl sites for hydroxylation is 1. The van der Waals surface area contributed by atoms with Gasteiger partial charge in [0.2, 0.25) is 0 Å². The molecule has 0 fully saturated rings. The van der Waals surface area contributed by atoms with Crippen molar-refractivity contribution in [2.24, 2.45) is 0 Å². The van der Waals surface area contributed by atoms with Gasteiger partial charge in [0.15, 0.2) is 0 Å². The predicted molar refractivity (Wildman–Crippen MR) is 85.0 cm³/mol. The lowest BCUT2D eigenvalue weighted by Crippen LogP contribution is -2.04. The first-order valence-electron chi connectivity index (χ1n) is 6.56. The van der Waals surface area contributed by atoms with Crippen molar-refractivity contribution in [2.75, 3.05) is 0 Å². The summed E-state index contributed by atoms with van der Waals surface area (Å²) in [5.74, 6) is 0.348. The number of benzene rings is 2. The number of nitrogens with zero attached hydrogens (tertiary/aromatic N) is 2. The first-order chi connectivity index (χ1) is 9.99. The van der Waals surface area contributed by atoms with Crippen molar-refractivity contribution in [1.82, 2.24) is 9.55 Å². The van der Waals surface area contributed by atoms with Crippen molar-refractivity contribution in [3.05, 3.63) is 58.6 Å². The third-order valence-corrected chi connectivity index (χ3v) is 3.93. The Hall–Kier alpha value is -1.58. The molecule has 1 aromatic heterocycles. The maximum atomic E-state index is 13.7. The number of alkyl halides is 1. The highest BCUT2D eigenvalue weighted by Crippen LogP contribution is 2.32. The topological polar surface area (TPSA) is 17.8 Å². The minimum absolute atomic E-state index is 0.298. The summed E-state index contributed by atoms with van der Waals surface area (Å²) in [4.78, 5) is 4.54. The monoisotopic (exact) mass is 322 g/mol. The SMILES string of the molecule is Cc1ccc(F)cc1-n1c(C(C)Cl)nc2c(Cl)cccc21. The summed E-state index contributed by atoms with van der Waals surface area (Å²) in [6, 6.07) is 10.2. The van der Waals surface area contributed by atoms with E-state index in [2.05, 4.69) is 4.98 Å². The summed E-state index contributed by atoms with van der Waals surface area (Å²) < 4.78 is 15.5. The van der Waals surface area contributed by atoms with Gasteiger partial charge in [-0.25, -0.2) is 9.37 Å². The zero-order valence-corrected chi connectivity index (χ0v) is 13.1. The third-order valence-electron chi connectivity index (χ3n) is 3.43. The molecule has 0 aliphatic heterocycles. The highest BCUT2D eigenvalue weighted by atomic mass is 35.5. The van der Waals surface area contributed by atoms with Crippen LogP contribution in [-0.2, 0) is 0 Å². The lowest BCUT2D eigenvalue weighted by molar-refractivity contribution is 0.625. The number of rotatable bonds is 2. The summed E-state index contributed by atoms with van der Waals surface area (Å²) in [7, 11) is 0. The summed E-state index contributed by atoms with van der Waals surface area (Å²) in [6.45, 7) is 3.76. The minimum Gasteiger partial charge on any atom is -0.295 e. The Labute approximate surface area is 132 Å². The molecule has 3 rings (SSSR count). The highest BCUT2D eigenvalue weighted by molar-refractivity contribution is 6.35. The van der Waals surface area contributed by atoms with Gasteiger partial charge in [0.05, 0.1) is 21.6 Å². The average molecular weight is 323 g/mol. The molecule has 0 radical (unpaired) electrons. The first-order valence-corrected chi connectivity index (χ1v) is 7.38. The summed E-state index contributed by atoms with van der Waals surface area (Å²) in [5, 5.41) is 0.231. The fourth-order valence-electron chi connectivity index (χ4n) is 2.43. The van der Waals surface area contributed by atoms with E-state index in [-0.39, 0.29) is 11.2 Å². The molecule has 21 heavy (non-hydrogen) atoms. The third kappa shape index (κ3) is 2.41. The second kappa shape index (κ2) is 5.32. The summed E-state index contributed by atoms with van der Waals surface area (Å²) >= 11 is 12.5. The van der Waals surface area contributed by atoms with Gasteiger partial charge in [0.1, 0.15) is 17.2 Å². The Morgan fingerprint density at radius 1 is 1.24 bits per heavy atom. The van der Waals surface area contributed by atoms with Crippen molar-refractivity contribution in [3.8, 4) is 5.69 Å². The van der Waals surface area contributed by atoms with Gasteiger partial charge in [-0.1, -0.05) is 23.7 Å². The molecule has 1 heterocycles. The second-order valence-corrected chi connectivity index (χ2v) is 6.02. The first kappa shape index (κ1) is 14.4. The lowest BCUT2D eigenvalue weighted by Gasteiger charge is -2.13. The Bertz CT molecular complexity index is 825. The smallest absolute Gasteiger partial charge is 0.132 e. The summed E-state index contributed by atoms with van der Waals surface area (Å²) in [6.07, 6.45) is 0. The van der Waals surface area contributed by atoms with Crippen LogP contribution in [0.2, 0.25) is 5.02 Å². The van der Waals surface area contributed by atoms with E-state index in [1.165, 1.54) is 12.1 Å². The molecule has 2 nitrogen and oxygen atoms in total. The van der Waals surface area contributed by atoms with E-state index in [0.29, 0.717) is 16.4 Å². The van der Waals surface area contributed by atoms with Gasteiger partial charge in [0, 0.05) is 0 Å². The van der Waals surface area contributed by atoms with Crippen molar-refractivity contribution in [2.45, 2.75) is 19.2 Å². The molecule has 0 amide bonds. The molecule has 3 aromatic rings. The largest absolute Gasteiger partial charge is 0.295 e. The van der Waals surface area contributed by atoms with Crippen LogP contribution in [0.3, 0.4) is 0 Å². The van der Waals surface area contributed by atoms with Gasteiger partial charge in [0.25, 0.3) is 0 Å². The molecular formula is C16H13Cl2FN2. The number of fused-ring (bicyclic) bond motifs is 1. The Morgan fingerprint density at radius 3 is 2.71 bits per heavy atom. The summed E-state index contributed by atoms with van der Waals surface area (Å²) in [5.41, 5.74) is 3.15. The van der Waals surface area contributed by atoms with Crippen LogP contribution in [0.1, 0.15) is 23.7 Å². The number of hydrogen-bond donors (Lipinski definition) is 0. The van der Waals surface area contributed by atoms with E-state index in [1.54, 1.807) is 12.1 Å². The molecule has 5 heteroatoms. The van der Waals surface area contributed by atoms with Crippen LogP contribution in [0.15, 0.2) is 36.4 Å². The van der Waals surface area contributed by atoms with Gasteiger partial charge in [-0.05, 0) is 43.7 Å². The van der Waals surface area contributed by atoms with Crippen molar-refractivity contribution in [3.63, 3.8) is 0 Å². The minimum atomic E-state index is -0.323. The molecule has 108 valence electrons. The molecule has 0 N–H and O–H groups in total. The molecule has 0 saturated carbocycles. The molecule has 1 unspecified atom stereocenters. The van der Waals surface area contributed by atoms with Crippen molar-refractivity contribution >= 4 is 34.2 Å². The van der Waals surface area contributed by atoms with Crippen LogP contribution in [-0.4, -0.2) is 9.55 Å². The number of halogens is 3. The predicted octanol–water partition coefficient (Wildman–Crippen LogP) is 5.43. The fraction of sp³-hybridized carbons (Fsp3) is 0.188. The average Bonchev–Trinajstić information content (AvgIpc) is 2.82. The zero-order chi connectivity index (χ0) is 15.1. The van der Waals surface area contributed by atoms with Gasteiger partial charge >= 0.3 is 0 Å². The van der Waals surface area contributed by atoms with Crippen LogP contribution in [0.4, 0.5) is 4.39 Å². The van der Waals surface area contributed by atoms with E-state index in [0.717, 1.165) is 16.8 Å². The zero-order valence-electron chi connectivity index (χ0n) is 11.6. The normalized spacial score (nSPS) is 12.8. The number of para-hydroxylation sites is 1. The van der Waals surface area contributed by atoms with E-state index in [4.69, 9.17) is 23.2 Å². The highest BCUT2D eigenvalue weighted by Gasteiger charge is 2.19. The van der Waals surface area contributed by atoms with Crippen molar-refractivity contribution < 1.29 is 4.39 Å². The molecule has 2 aromatic carbocycles. The number of imidazole rings is 1. The molecule has 1 atom stereocenters. The van der Waals surface area contributed by atoms with Gasteiger partial charge in [-0.3, -0.25) is 4.57 Å². The van der Waals surface area contributed by atoms with Crippen LogP contribution in [0, 0.1) is 12.7 Å². The maximum Gasteiger partial charge on any atom is 0.132 e. The van der Waals surface area contributed by atoms with Crippen LogP contribution in [0.5, 0.6) is 0 Å². The molecule has 0 saturated heterocycles. The fourth-order valence-corrected chi connectivity index (χ4v) is 2.78. The van der Waals surface area contributed by atoms with E-state index in [1.807, 2.05) is 30.5 Å². The second-order valence-electron chi connectivity index (χ2n) is 4.96. The number of hydrogen-bond acceptors (Lipinski definition) is 1. The lowest BCUT2D eigenvalue weighted by atomic mass is 10.2. The van der Waals surface area contributed by atoms with Crippen LogP contribution in [0.25, 0.3) is 16.7 Å². The number of aromatic nitrogens is 2. The van der Waals surface area contributed by atoms with Gasteiger partial charge < -0.3 is 0 Å². The van der Waals surface area contributed by atoms with Crippen LogP contribution >= 0.6 is 23.2 Å². The Morgan fingerprint density at radius 2 is 2.00 bits per heavy atom. The van der Waals surface area contributed by atoms with E-state index >= 15 is 0 Å². The van der Waals surface area contributed by atoms with Gasteiger partial charge in [-0.2, -0.15) is 0 Å².